The third-order valence-electron chi connectivity index (χ3n) is 16.8. The van der Waals surface area contributed by atoms with Crippen LogP contribution in [0.1, 0.15) is 196 Å². The summed E-state index contributed by atoms with van der Waals surface area (Å²) in [6.07, 6.45) is 7.93. The Morgan fingerprint density at radius 3 is 1.30 bits per heavy atom. The van der Waals surface area contributed by atoms with Gasteiger partial charge in [-0.05, 0) is 181 Å². The number of nitrogens with one attached hydrogen (secondary N) is 3. The lowest BCUT2D eigenvalue weighted by Gasteiger charge is -2.43. The van der Waals surface area contributed by atoms with Gasteiger partial charge in [-0.1, -0.05) is 27.7 Å². The van der Waals surface area contributed by atoms with Crippen LogP contribution in [-0.2, 0) is 18.9 Å². The molecule has 0 spiro atoms. The minimum Gasteiger partial charge on any atom is -0.396 e. The fourth-order valence-electron chi connectivity index (χ4n) is 10.0. The van der Waals surface area contributed by atoms with Crippen LogP contribution in [-0.4, -0.2) is 266 Å². The van der Waals surface area contributed by atoms with Gasteiger partial charge in [-0.2, -0.15) is 0 Å². The highest BCUT2D eigenvalue weighted by Gasteiger charge is 2.32. The standard InChI is InChI=1S/C64H138N8O9/c1-20-34-68(21-2)38-39-70(36-32-66-58(6,7)24-47-74)42-45-72(61(12,13)30-53-80-63(16,17)26-49-76)44-41-69(35-31-65-54-57(4,5)55-81-64(18,19)27-50-77)40-43-71(60(10,11)29-52-79-62(14,15)25-48-75)37-33-67-59(8,9)28-51-78-56(3)23-22-46-73/h56,65-67,73-77H,20-55H2,1-19H3. The molecule has 0 aromatic rings. The molecule has 17 heteroatoms. The van der Waals surface area contributed by atoms with Crippen LogP contribution >= 0.6 is 0 Å². The van der Waals surface area contributed by atoms with Crippen molar-refractivity contribution in [1.82, 2.24) is 40.4 Å². The number of hydrogen-bond donors (Lipinski definition) is 8. The first-order chi connectivity index (χ1) is 37.7. The summed E-state index contributed by atoms with van der Waals surface area (Å²) in [6.45, 7) is 60.4. The number of aliphatic hydroxyl groups excluding tert-OH is 5. The van der Waals surface area contributed by atoms with E-state index in [-0.39, 0.29) is 72.3 Å². The molecule has 488 valence electrons. The zero-order valence-corrected chi connectivity index (χ0v) is 56.6. The van der Waals surface area contributed by atoms with Crippen LogP contribution in [0.4, 0.5) is 0 Å². The molecule has 0 radical (unpaired) electrons. The first kappa shape index (κ1) is 80.3. The normalized spacial score (nSPS) is 14.3. The van der Waals surface area contributed by atoms with E-state index in [1.165, 1.54) is 0 Å². The van der Waals surface area contributed by atoms with E-state index in [1.54, 1.807) is 0 Å². The second-order valence-corrected chi connectivity index (χ2v) is 28.6. The van der Waals surface area contributed by atoms with E-state index in [4.69, 9.17) is 18.9 Å². The molecule has 1 unspecified atom stereocenters. The fourth-order valence-corrected chi connectivity index (χ4v) is 10.0. The van der Waals surface area contributed by atoms with E-state index in [0.29, 0.717) is 52.1 Å². The quantitative estimate of drug-likeness (QED) is 0.0288. The van der Waals surface area contributed by atoms with Gasteiger partial charge in [0.15, 0.2) is 0 Å². The van der Waals surface area contributed by atoms with Crippen molar-refractivity contribution in [2.75, 3.05) is 171 Å². The molecule has 0 aromatic carbocycles. The predicted octanol–water partition coefficient (Wildman–Crippen LogP) is 7.10. The Morgan fingerprint density at radius 1 is 0.420 bits per heavy atom. The van der Waals surface area contributed by atoms with Crippen molar-refractivity contribution in [2.45, 2.75) is 241 Å². The van der Waals surface area contributed by atoms with Gasteiger partial charge in [0.05, 0.1) is 29.5 Å². The highest BCUT2D eigenvalue weighted by Crippen LogP contribution is 2.26. The zero-order chi connectivity index (χ0) is 61.9. The van der Waals surface area contributed by atoms with E-state index in [1.807, 2.05) is 0 Å². The third kappa shape index (κ3) is 40.4. The van der Waals surface area contributed by atoms with Crippen molar-refractivity contribution in [3.05, 3.63) is 0 Å². The lowest BCUT2D eigenvalue weighted by molar-refractivity contribution is -0.0652. The number of hydrogen-bond acceptors (Lipinski definition) is 17. The number of rotatable bonds is 56. The molecule has 17 nitrogen and oxygen atoms in total. The van der Waals surface area contributed by atoms with Crippen LogP contribution < -0.4 is 16.0 Å². The average molecular weight is 1160 g/mol. The lowest BCUT2D eigenvalue weighted by Crippen LogP contribution is -2.54. The molecule has 0 aliphatic heterocycles. The van der Waals surface area contributed by atoms with Gasteiger partial charge in [0.25, 0.3) is 0 Å². The van der Waals surface area contributed by atoms with Gasteiger partial charge >= 0.3 is 0 Å². The number of nitrogens with zero attached hydrogens (tertiary/aromatic N) is 5. The van der Waals surface area contributed by atoms with Gasteiger partial charge in [-0.25, -0.2) is 0 Å². The van der Waals surface area contributed by atoms with Crippen molar-refractivity contribution in [2.24, 2.45) is 5.41 Å². The minimum absolute atomic E-state index is 0.0949. The SMILES string of the molecule is CCCN(CC)CCN(CCNC(C)(C)CCO)CCN(CCN(CCNCC(C)(C)COC(C)(C)CCO)CCN(CCNC(C)(C)CCOC(C)CCCO)C(C)(C)CCOC(C)(C)CCO)C(C)(C)CCOC(C)(C)CCO. The van der Waals surface area contributed by atoms with Gasteiger partial charge in [0.2, 0.25) is 0 Å². The third-order valence-corrected chi connectivity index (χ3v) is 16.8. The van der Waals surface area contributed by atoms with Crippen LogP contribution in [0.2, 0.25) is 0 Å². The van der Waals surface area contributed by atoms with Crippen molar-refractivity contribution in [1.29, 1.82) is 0 Å². The zero-order valence-electron chi connectivity index (χ0n) is 56.6. The average Bonchev–Trinajstić information content (AvgIpc) is 3.35. The summed E-state index contributed by atoms with van der Waals surface area (Å²) in [7, 11) is 0. The Morgan fingerprint density at radius 2 is 0.840 bits per heavy atom. The van der Waals surface area contributed by atoms with Crippen molar-refractivity contribution in [3.63, 3.8) is 0 Å². The van der Waals surface area contributed by atoms with E-state index >= 15 is 0 Å². The summed E-state index contributed by atoms with van der Waals surface area (Å²) in [6, 6.07) is 0. The van der Waals surface area contributed by atoms with E-state index in [0.717, 1.165) is 150 Å². The maximum atomic E-state index is 9.82. The molecule has 81 heavy (non-hydrogen) atoms. The minimum atomic E-state index is -0.409. The topological polar surface area (TPSA) is 190 Å². The van der Waals surface area contributed by atoms with Crippen molar-refractivity contribution in [3.8, 4) is 0 Å². The Labute approximate surface area is 500 Å². The van der Waals surface area contributed by atoms with Crippen LogP contribution in [0.15, 0.2) is 0 Å². The summed E-state index contributed by atoms with van der Waals surface area (Å²) in [4.78, 5) is 13.2. The Kier molecular flexibility index (Phi) is 41.1. The molecule has 0 amide bonds. The Bertz CT molecular complexity index is 1520. The highest BCUT2D eigenvalue weighted by atomic mass is 16.5. The van der Waals surface area contributed by atoms with Gasteiger partial charge in [0, 0.05) is 179 Å². The first-order valence-corrected chi connectivity index (χ1v) is 32.1. The summed E-state index contributed by atoms with van der Waals surface area (Å²) >= 11 is 0. The largest absolute Gasteiger partial charge is 0.396 e. The van der Waals surface area contributed by atoms with E-state index in [2.05, 4.69) is 172 Å². The molecule has 0 saturated heterocycles. The molecule has 0 aromatic heterocycles. The Hall–Kier alpha value is -0.680. The smallest absolute Gasteiger partial charge is 0.0648 e. The first-order valence-electron chi connectivity index (χ1n) is 32.1. The molecule has 0 saturated carbocycles. The highest BCUT2D eigenvalue weighted by molar-refractivity contribution is 4.88. The maximum Gasteiger partial charge on any atom is 0.0648 e. The molecule has 0 bridgehead atoms. The lowest BCUT2D eigenvalue weighted by atomic mass is 9.94. The van der Waals surface area contributed by atoms with Crippen LogP contribution in [0, 0.1) is 5.41 Å². The molecule has 0 heterocycles. The van der Waals surface area contributed by atoms with Gasteiger partial charge < -0.3 is 65.3 Å². The summed E-state index contributed by atoms with van der Waals surface area (Å²) in [5.74, 6) is 0. The monoisotopic (exact) mass is 1160 g/mol. The van der Waals surface area contributed by atoms with E-state index < -0.39 is 11.2 Å². The second kappa shape index (κ2) is 41.5. The number of aliphatic hydroxyl groups is 5. The van der Waals surface area contributed by atoms with Gasteiger partial charge in [0.1, 0.15) is 0 Å². The number of ether oxygens (including phenoxy) is 4. The maximum absolute atomic E-state index is 9.82. The Balaban J connectivity index is 7.12. The molecular formula is C64H138N8O9. The van der Waals surface area contributed by atoms with Crippen LogP contribution in [0.3, 0.4) is 0 Å². The van der Waals surface area contributed by atoms with E-state index in [9.17, 15) is 25.5 Å². The van der Waals surface area contributed by atoms with Crippen molar-refractivity contribution < 1.29 is 44.5 Å². The molecular weight excluding hydrogens is 1020 g/mol. The van der Waals surface area contributed by atoms with Crippen LogP contribution in [0.5, 0.6) is 0 Å². The fraction of sp³-hybridized carbons (Fsp3) is 1.00. The molecule has 0 fully saturated rings. The molecule has 1 atom stereocenters. The predicted molar refractivity (Wildman–Crippen MR) is 340 cm³/mol. The number of likely N-dealkylation sites (N-methyl/N-ethyl adjacent to an activating group) is 1. The summed E-state index contributed by atoms with van der Waals surface area (Å²) < 4.78 is 25.4. The summed E-state index contributed by atoms with van der Waals surface area (Å²) in [5, 5.41) is 59.8. The second-order valence-electron chi connectivity index (χ2n) is 28.6. The van der Waals surface area contributed by atoms with Gasteiger partial charge in [-0.3, -0.25) is 19.6 Å². The van der Waals surface area contributed by atoms with Gasteiger partial charge in [-0.15, -0.1) is 0 Å². The molecule has 0 aliphatic carbocycles. The molecule has 0 aliphatic rings. The van der Waals surface area contributed by atoms with Crippen LogP contribution in [0.25, 0.3) is 0 Å². The molecule has 8 N–H and O–H groups in total. The molecule has 0 rings (SSSR count). The van der Waals surface area contributed by atoms with Crippen molar-refractivity contribution >= 4 is 0 Å². The summed E-state index contributed by atoms with van der Waals surface area (Å²) in [5.41, 5.74) is -1.95.